The van der Waals surface area contributed by atoms with E-state index in [1.165, 1.54) is 6.07 Å². The van der Waals surface area contributed by atoms with Gasteiger partial charge in [0.1, 0.15) is 23.4 Å². The Balaban J connectivity index is 1.85. The SMILES string of the molecule is O=c1cnn(-c2ccc(Oc3ccc(O)c(Br)c3)cc2)c(=O)[nH]1. The molecule has 116 valence electrons. The molecular weight excluding hydrogens is 366 g/mol. The molecule has 0 atom stereocenters. The summed E-state index contributed by atoms with van der Waals surface area (Å²) in [6.07, 6.45) is 1.03. The third kappa shape index (κ3) is 3.32. The fourth-order valence-corrected chi connectivity index (χ4v) is 2.24. The number of ether oxygens (including phenoxy) is 1. The van der Waals surface area contributed by atoms with Crippen LogP contribution in [0.15, 0.2) is 62.7 Å². The smallest absolute Gasteiger partial charge is 0.349 e. The number of benzene rings is 2. The van der Waals surface area contributed by atoms with Gasteiger partial charge in [-0.2, -0.15) is 9.78 Å². The average molecular weight is 376 g/mol. The number of phenolic OH excluding ortho intramolecular Hbond substituents is 1. The van der Waals surface area contributed by atoms with Crippen LogP contribution in [0.25, 0.3) is 5.69 Å². The fraction of sp³-hybridized carbons (Fsp3) is 0. The molecule has 0 bridgehead atoms. The van der Waals surface area contributed by atoms with Crippen LogP contribution in [-0.2, 0) is 0 Å². The van der Waals surface area contributed by atoms with E-state index in [9.17, 15) is 14.7 Å². The molecule has 1 aromatic heterocycles. The Morgan fingerprint density at radius 3 is 2.43 bits per heavy atom. The van der Waals surface area contributed by atoms with Crippen molar-refractivity contribution in [3.05, 3.63) is 74.0 Å². The van der Waals surface area contributed by atoms with Crippen LogP contribution in [0.4, 0.5) is 0 Å². The summed E-state index contributed by atoms with van der Waals surface area (Å²) in [7, 11) is 0. The quantitative estimate of drug-likeness (QED) is 0.731. The van der Waals surface area contributed by atoms with Gasteiger partial charge in [0.05, 0.1) is 10.2 Å². The average Bonchev–Trinajstić information content (AvgIpc) is 2.52. The van der Waals surface area contributed by atoms with Gasteiger partial charge in [0.25, 0.3) is 5.56 Å². The van der Waals surface area contributed by atoms with Gasteiger partial charge in [-0.05, 0) is 58.4 Å². The number of nitrogens with one attached hydrogen (secondary N) is 1. The summed E-state index contributed by atoms with van der Waals surface area (Å²) in [5.41, 5.74) is -0.678. The van der Waals surface area contributed by atoms with Gasteiger partial charge in [-0.1, -0.05) is 0 Å². The minimum absolute atomic E-state index is 0.121. The fourth-order valence-electron chi connectivity index (χ4n) is 1.88. The third-order valence-electron chi connectivity index (χ3n) is 2.95. The molecule has 0 aliphatic carbocycles. The van der Waals surface area contributed by atoms with Crippen LogP contribution >= 0.6 is 15.9 Å². The highest BCUT2D eigenvalue weighted by molar-refractivity contribution is 9.10. The summed E-state index contributed by atoms with van der Waals surface area (Å²) >= 11 is 3.21. The second-order valence-electron chi connectivity index (χ2n) is 4.56. The van der Waals surface area contributed by atoms with Crippen molar-refractivity contribution in [3.63, 3.8) is 0 Å². The number of aromatic amines is 1. The topological polar surface area (TPSA) is 97.2 Å². The molecule has 0 aliphatic rings. The normalized spacial score (nSPS) is 10.5. The van der Waals surface area contributed by atoms with Crippen LogP contribution in [-0.4, -0.2) is 19.9 Å². The predicted octanol–water partition coefficient (Wildman–Crippen LogP) is 2.18. The van der Waals surface area contributed by atoms with Crippen molar-refractivity contribution in [1.29, 1.82) is 0 Å². The van der Waals surface area contributed by atoms with Gasteiger partial charge in [0.2, 0.25) is 0 Å². The van der Waals surface area contributed by atoms with Crippen LogP contribution in [0.2, 0.25) is 0 Å². The summed E-state index contributed by atoms with van der Waals surface area (Å²) in [6.45, 7) is 0. The molecule has 0 aliphatic heterocycles. The maximum atomic E-state index is 11.7. The number of aromatic nitrogens is 3. The molecule has 1 heterocycles. The molecule has 3 aromatic rings. The highest BCUT2D eigenvalue weighted by Gasteiger charge is 2.04. The number of hydrogen-bond donors (Lipinski definition) is 2. The number of aromatic hydroxyl groups is 1. The van der Waals surface area contributed by atoms with E-state index in [4.69, 9.17) is 4.74 Å². The van der Waals surface area contributed by atoms with E-state index in [0.717, 1.165) is 10.9 Å². The number of halogens is 1. The summed E-state index contributed by atoms with van der Waals surface area (Å²) < 4.78 is 7.24. The maximum absolute atomic E-state index is 11.7. The van der Waals surface area contributed by atoms with Crippen molar-refractivity contribution < 1.29 is 9.84 Å². The lowest BCUT2D eigenvalue weighted by atomic mass is 10.3. The highest BCUT2D eigenvalue weighted by atomic mass is 79.9. The molecule has 0 fully saturated rings. The Labute approximate surface area is 137 Å². The molecule has 2 N–H and O–H groups in total. The van der Waals surface area contributed by atoms with Crippen LogP contribution in [0.3, 0.4) is 0 Å². The Morgan fingerprint density at radius 2 is 1.78 bits per heavy atom. The Hall–Kier alpha value is -2.87. The monoisotopic (exact) mass is 375 g/mol. The Kier molecular flexibility index (Phi) is 3.98. The van der Waals surface area contributed by atoms with Crippen molar-refractivity contribution in [3.8, 4) is 22.9 Å². The molecule has 23 heavy (non-hydrogen) atoms. The van der Waals surface area contributed by atoms with Crippen molar-refractivity contribution in [2.24, 2.45) is 0 Å². The van der Waals surface area contributed by atoms with E-state index in [0.29, 0.717) is 21.7 Å². The molecule has 8 heteroatoms. The van der Waals surface area contributed by atoms with Crippen molar-refractivity contribution in [2.45, 2.75) is 0 Å². The van der Waals surface area contributed by atoms with E-state index in [2.05, 4.69) is 26.0 Å². The van der Waals surface area contributed by atoms with Crippen molar-refractivity contribution in [1.82, 2.24) is 14.8 Å². The number of H-pyrrole nitrogens is 1. The lowest BCUT2D eigenvalue weighted by molar-refractivity contribution is 0.461. The van der Waals surface area contributed by atoms with E-state index < -0.39 is 11.2 Å². The standard InChI is InChI=1S/C15H10BrN3O4/c16-12-7-11(5-6-13(12)20)23-10-3-1-9(2-4-10)19-15(22)18-14(21)8-17-19/h1-8,20H,(H,18,21,22). The first-order chi connectivity index (χ1) is 11.0. The number of hydrogen-bond acceptors (Lipinski definition) is 5. The summed E-state index contributed by atoms with van der Waals surface area (Å²) in [5, 5.41) is 13.2. The van der Waals surface area contributed by atoms with Crippen LogP contribution < -0.4 is 16.0 Å². The number of rotatable bonds is 3. The van der Waals surface area contributed by atoms with Crippen molar-refractivity contribution >= 4 is 15.9 Å². The molecule has 3 rings (SSSR count). The van der Waals surface area contributed by atoms with Crippen LogP contribution in [0.5, 0.6) is 17.2 Å². The van der Waals surface area contributed by atoms with E-state index in [-0.39, 0.29) is 5.75 Å². The van der Waals surface area contributed by atoms with E-state index >= 15 is 0 Å². The zero-order valence-corrected chi connectivity index (χ0v) is 13.1. The minimum Gasteiger partial charge on any atom is -0.507 e. The molecular formula is C15H10BrN3O4. The summed E-state index contributed by atoms with van der Waals surface area (Å²) in [4.78, 5) is 24.8. The van der Waals surface area contributed by atoms with Gasteiger partial charge in [-0.25, -0.2) is 4.79 Å². The van der Waals surface area contributed by atoms with Gasteiger partial charge in [-0.15, -0.1) is 0 Å². The predicted molar refractivity (Wildman–Crippen MR) is 86.3 cm³/mol. The molecule has 2 aromatic carbocycles. The molecule has 0 spiro atoms. The number of phenols is 1. The third-order valence-corrected chi connectivity index (χ3v) is 3.58. The second kappa shape index (κ2) is 6.09. The molecule has 0 unspecified atom stereocenters. The second-order valence-corrected chi connectivity index (χ2v) is 5.41. The molecule has 0 amide bonds. The van der Waals surface area contributed by atoms with Gasteiger partial charge in [-0.3, -0.25) is 9.78 Å². The first-order valence-corrected chi connectivity index (χ1v) is 7.28. The Morgan fingerprint density at radius 1 is 1.09 bits per heavy atom. The van der Waals surface area contributed by atoms with Gasteiger partial charge in [0.15, 0.2) is 0 Å². The largest absolute Gasteiger partial charge is 0.507 e. The molecule has 0 saturated carbocycles. The summed E-state index contributed by atoms with van der Waals surface area (Å²) in [5.74, 6) is 1.21. The van der Waals surface area contributed by atoms with Gasteiger partial charge < -0.3 is 9.84 Å². The minimum atomic E-state index is -0.617. The first-order valence-electron chi connectivity index (χ1n) is 6.48. The first kappa shape index (κ1) is 15.0. The lowest BCUT2D eigenvalue weighted by Crippen LogP contribution is -2.30. The molecule has 0 radical (unpaired) electrons. The number of nitrogens with zero attached hydrogens (tertiary/aromatic N) is 2. The lowest BCUT2D eigenvalue weighted by Gasteiger charge is -2.08. The van der Waals surface area contributed by atoms with Crippen LogP contribution in [0, 0.1) is 0 Å². The maximum Gasteiger partial charge on any atom is 0.349 e. The molecule has 0 saturated heterocycles. The summed E-state index contributed by atoms with van der Waals surface area (Å²) in [6, 6.07) is 11.4. The Bertz CT molecular complexity index is 963. The zero-order valence-electron chi connectivity index (χ0n) is 11.6. The van der Waals surface area contributed by atoms with E-state index in [1.54, 1.807) is 36.4 Å². The molecule has 7 nitrogen and oxygen atoms in total. The van der Waals surface area contributed by atoms with Crippen molar-refractivity contribution in [2.75, 3.05) is 0 Å². The zero-order chi connectivity index (χ0) is 16.4. The van der Waals surface area contributed by atoms with Gasteiger partial charge >= 0.3 is 5.69 Å². The van der Waals surface area contributed by atoms with E-state index in [1.807, 2.05) is 0 Å². The highest BCUT2D eigenvalue weighted by Crippen LogP contribution is 2.30. The van der Waals surface area contributed by atoms with Gasteiger partial charge in [0, 0.05) is 0 Å². The van der Waals surface area contributed by atoms with Crippen LogP contribution in [0.1, 0.15) is 0 Å².